The molecule has 0 radical (unpaired) electrons. The molecule has 0 amide bonds. The van der Waals surface area contributed by atoms with Crippen molar-refractivity contribution in [1.82, 2.24) is 14.5 Å². The average molecular weight is 429 g/mol. The number of halogens is 1. The minimum atomic E-state index is -0.417. The Hall–Kier alpha value is -3.84. The van der Waals surface area contributed by atoms with Crippen molar-refractivity contribution >= 4 is 5.95 Å². The van der Waals surface area contributed by atoms with Gasteiger partial charge in [0.25, 0.3) is 5.56 Å². The molecule has 2 aromatic carbocycles. The number of nitrogens with zero attached hydrogens (tertiary/aromatic N) is 3. The topological polar surface area (TPSA) is 85.8 Å². The SMILES string of the molecule is Cn1c(NCC(N)Cc2ccccc2)nc(-c2ccncc2)c(-c2cccc(F)c2)c1=O. The molecule has 0 aliphatic rings. The van der Waals surface area contributed by atoms with E-state index in [1.165, 1.54) is 16.7 Å². The molecular weight excluding hydrogens is 405 g/mol. The van der Waals surface area contributed by atoms with Gasteiger partial charge in [0.2, 0.25) is 5.95 Å². The van der Waals surface area contributed by atoms with Gasteiger partial charge in [0.05, 0.1) is 11.3 Å². The molecule has 162 valence electrons. The van der Waals surface area contributed by atoms with Crippen molar-refractivity contribution < 1.29 is 4.39 Å². The van der Waals surface area contributed by atoms with Gasteiger partial charge in [0.15, 0.2) is 0 Å². The van der Waals surface area contributed by atoms with Crippen LogP contribution in [0.4, 0.5) is 10.3 Å². The van der Waals surface area contributed by atoms with E-state index in [1.807, 2.05) is 30.3 Å². The number of aromatic nitrogens is 3. The van der Waals surface area contributed by atoms with E-state index in [2.05, 4.69) is 10.3 Å². The molecule has 0 bridgehead atoms. The van der Waals surface area contributed by atoms with Gasteiger partial charge < -0.3 is 11.1 Å². The van der Waals surface area contributed by atoms with E-state index in [0.717, 1.165) is 5.56 Å². The molecule has 1 unspecified atom stereocenters. The lowest BCUT2D eigenvalue weighted by Crippen LogP contribution is -2.34. The van der Waals surface area contributed by atoms with Crippen LogP contribution < -0.4 is 16.6 Å². The minimum absolute atomic E-state index is 0.165. The number of hydrogen-bond acceptors (Lipinski definition) is 5. The number of anilines is 1. The van der Waals surface area contributed by atoms with Gasteiger partial charge >= 0.3 is 0 Å². The maximum atomic E-state index is 13.9. The molecule has 0 spiro atoms. The summed E-state index contributed by atoms with van der Waals surface area (Å²) >= 11 is 0. The first-order valence-corrected chi connectivity index (χ1v) is 10.3. The third kappa shape index (κ3) is 4.73. The van der Waals surface area contributed by atoms with Gasteiger partial charge in [-0.2, -0.15) is 0 Å². The van der Waals surface area contributed by atoms with E-state index in [0.29, 0.717) is 41.3 Å². The highest BCUT2D eigenvalue weighted by atomic mass is 19.1. The van der Waals surface area contributed by atoms with Crippen LogP contribution in [0.2, 0.25) is 0 Å². The second kappa shape index (κ2) is 9.53. The third-order valence-electron chi connectivity index (χ3n) is 5.22. The van der Waals surface area contributed by atoms with Crippen LogP contribution in [0.3, 0.4) is 0 Å². The summed E-state index contributed by atoms with van der Waals surface area (Å²) in [7, 11) is 1.64. The fraction of sp³-hybridized carbons (Fsp3) is 0.160. The average Bonchev–Trinajstić information content (AvgIpc) is 2.81. The van der Waals surface area contributed by atoms with Gasteiger partial charge in [-0.15, -0.1) is 0 Å². The number of pyridine rings is 1. The van der Waals surface area contributed by atoms with Gasteiger partial charge in [-0.25, -0.2) is 9.37 Å². The van der Waals surface area contributed by atoms with E-state index in [-0.39, 0.29) is 11.6 Å². The highest BCUT2D eigenvalue weighted by Crippen LogP contribution is 2.29. The maximum absolute atomic E-state index is 13.9. The molecule has 1 atom stereocenters. The molecule has 0 aliphatic heterocycles. The van der Waals surface area contributed by atoms with E-state index in [4.69, 9.17) is 10.7 Å². The van der Waals surface area contributed by atoms with Crippen LogP contribution >= 0.6 is 0 Å². The highest BCUT2D eigenvalue weighted by Gasteiger charge is 2.19. The quantitative estimate of drug-likeness (QED) is 0.469. The van der Waals surface area contributed by atoms with Crippen molar-refractivity contribution in [3.63, 3.8) is 0 Å². The zero-order chi connectivity index (χ0) is 22.5. The lowest BCUT2D eigenvalue weighted by Gasteiger charge is -2.18. The Morgan fingerprint density at radius 2 is 1.78 bits per heavy atom. The summed E-state index contributed by atoms with van der Waals surface area (Å²) in [6, 6.07) is 19.3. The van der Waals surface area contributed by atoms with E-state index < -0.39 is 5.82 Å². The molecule has 6 nitrogen and oxygen atoms in total. The smallest absolute Gasteiger partial charge is 0.263 e. The zero-order valence-electron chi connectivity index (χ0n) is 17.7. The Bertz CT molecular complexity index is 1260. The molecule has 7 heteroatoms. The van der Waals surface area contributed by atoms with Crippen molar-refractivity contribution in [2.24, 2.45) is 12.8 Å². The molecule has 2 heterocycles. The summed E-state index contributed by atoms with van der Waals surface area (Å²) in [5.41, 5.74) is 9.14. The van der Waals surface area contributed by atoms with Gasteiger partial charge in [-0.3, -0.25) is 14.3 Å². The van der Waals surface area contributed by atoms with Crippen LogP contribution in [-0.4, -0.2) is 27.1 Å². The lowest BCUT2D eigenvalue weighted by molar-refractivity contribution is 0.628. The fourth-order valence-corrected chi connectivity index (χ4v) is 3.59. The Labute approximate surface area is 185 Å². The van der Waals surface area contributed by atoms with Crippen LogP contribution in [0.15, 0.2) is 83.9 Å². The molecule has 4 aromatic rings. The molecule has 2 aromatic heterocycles. The normalized spacial score (nSPS) is 11.8. The van der Waals surface area contributed by atoms with Crippen LogP contribution in [-0.2, 0) is 13.5 Å². The second-order valence-corrected chi connectivity index (χ2v) is 7.60. The molecule has 3 N–H and O–H groups in total. The standard InChI is InChI=1S/C25H24FN5O/c1-31-24(32)22(19-8-5-9-20(26)15-19)23(18-10-12-28-13-11-18)30-25(31)29-16-21(27)14-17-6-3-2-4-7-17/h2-13,15,21H,14,16,27H2,1H3,(H,29,30). The Morgan fingerprint density at radius 1 is 1.03 bits per heavy atom. The van der Waals surface area contributed by atoms with E-state index in [1.54, 1.807) is 43.7 Å². The predicted octanol–water partition coefficient (Wildman–Crippen LogP) is 3.63. The number of nitrogens with one attached hydrogen (secondary N) is 1. The molecule has 32 heavy (non-hydrogen) atoms. The minimum Gasteiger partial charge on any atom is -0.354 e. The number of rotatable bonds is 7. The van der Waals surface area contributed by atoms with Gasteiger partial charge in [0, 0.05) is 37.6 Å². The summed E-state index contributed by atoms with van der Waals surface area (Å²) in [5, 5.41) is 3.21. The van der Waals surface area contributed by atoms with Crippen LogP contribution in [0.5, 0.6) is 0 Å². The summed E-state index contributed by atoms with van der Waals surface area (Å²) in [4.78, 5) is 22.1. The van der Waals surface area contributed by atoms with E-state index >= 15 is 0 Å². The van der Waals surface area contributed by atoms with Gasteiger partial charge in [-0.1, -0.05) is 42.5 Å². The molecule has 0 saturated carbocycles. The summed E-state index contributed by atoms with van der Waals surface area (Å²) < 4.78 is 15.4. The maximum Gasteiger partial charge on any atom is 0.263 e. The number of nitrogens with two attached hydrogens (primary N) is 1. The van der Waals surface area contributed by atoms with Crippen molar-refractivity contribution in [3.8, 4) is 22.4 Å². The summed E-state index contributed by atoms with van der Waals surface area (Å²) in [5.74, 6) is -0.0233. The largest absolute Gasteiger partial charge is 0.354 e. The van der Waals surface area contributed by atoms with Crippen molar-refractivity contribution in [2.75, 3.05) is 11.9 Å². The fourth-order valence-electron chi connectivity index (χ4n) is 3.59. The van der Waals surface area contributed by atoms with Gasteiger partial charge in [0.1, 0.15) is 5.82 Å². The van der Waals surface area contributed by atoms with Crippen molar-refractivity contribution in [2.45, 2.75) is 12.5 Å². The van der Waals surface area contributed by atoms with Crippen LogP contribution in [0, 0.1) is 5.82 Å². The first-order valence-electron chi connectivity index (χ1n) is 10.3. The highest BCUT2D eigenvalue weighted by molar-refractivity contribution is 5.80. The Morgan fingerprint density at radius 3 is 2.50 bits per heavy atom. The van der Waals surface area contributed by atoms with Gasteiger partial charge in [-0.05, 0) is 41.8 Å². The van der Waals surface area contributed by atoms with Crippen LogP contribution in [0.25, 0.3) is 22.4 Å². The molecule has 4 rings (SSSR count). The van der Waals surface area contributed by atoms with Crippen molar-refractivity contribution in [1.29, 1.82) is 0 Å². The van der Waals surface area contributed by atoms with Crippen LogP contribution in [0.1, 0.15) is 5.56 Å². The molecule has 0 saturated heterocycles. The van der Waals surface area contributed by atoms with E-state index in [9.17, 15) is 9.18 Å². The first-order chi connectivity index (χ1) is 15.5. The molecular formula is C25H24FN5O. The zero-order valence-corrected chi connectivity index (χ0v) is 17.7. The molecule has 0 aliphatic carbocycles. The second-order valence-electron chi connectivity index (χ2n) is 7.60. The monoisotopic (exact) mass is 429 g/mol. The van der Waals surface area contributed by atoms with Crippen molar-refractivity contribution in [3.05, 3.63) is 101 Å². The Kier molecular flexibility index (Phi) is 6.37. The number of hydrogen-bond donors (Lipinski definition) is 2. The number of benzene rings is 2. The predicted molar refractivity (Wildman–Crippen MR) is 125 cm³/mol. The summed E-state index contributed by atoms with van der Waals surface area (Å²) in [6.07, 6.45) is 3.96. The summed E-state index contributed by atoms with van der Waals surface area (Å²) in [6.45, 7) is 0.435. The lowest BCUT2D eigenvalue weighted by atomic mass is 10.0. The first kappa shape index (κ1) is 21.4. The third-order valence-corrected chi connectivity index (χ3v) is 5.22. The Balaban J connectivity index is 1.70. The molecule has 0 fully saturated rings.